The van der Waals surface area contributed by atoms with E-state index in [2.05, 4.69) is 4.98 Å². The molecule has 0 atom stereocenters. The first kappa shape index (κ1) is 11.1. The largest absolute Gasteiger partial charge is 0.431 e. The molecule has 5 heteroatoms. The Hall–Kier alpha value is -1.36. The molecule has 0 aliphatic carbocycles. The number of alkyl halides is 3. The van der Waals surface area contributed by atoms with Crippen molar-refractivity contribution in [2.45, 2.75) is 16.0 Å². The van der Waals surface area contributed by atoms with Crippen molar-refractivity contribution in [3.05, 3.63) is 48.3 Å². The van der Waals surface area contributed by atoms with Gasteiger partial charge in [-0.15, -0.1) is 0 Å². The third kappa shape index (κ3) is 2.61. The average Bonchev–Trinajstić information content (AvgIpc) is 2.67. The number of aromatic nitrogens is 1. The lowest BCUT2D eigenvalue weighted by Gasteiger charge is -2.01. The molecule has 2 aromatic rings. The van der Waals surface area contributed by atoms with Gasteiger partial charge in [-0.3, -0.25) is 0 Å². The molecule has 0 radical (unpaired) electrons. The summed E-state index contributed by atoms with van der Waals surface area (Å²) in [5.41, 5.74) is -0.717. The second kappa shape index (κ2) is 4.25. The highest BCUT2D eigenvalue weighted by Crippen LogP contribution is 2.33. The summed E-state index contributed by atoms with van der Waals surface area (Å²) in [5, 5.41) is 0. The third-order valence-electron chi connectivity index (χ3n) is 1.94. The summed E-state index contributed by atoms with van der Waals surface area (Å²) in [6, 6.07) is 10.4. The van der Waals surface area contributed by atoms with Crippen LogP contribution in [0.2, 0.25) is 0 Å². The molecule has 2 rings (SSSR count). The molecule has 1 aromatic carbocycles. The standard InChI is InChI=1S/C11H8F3NS/c12-11(13,14)10-6-9(7-15-10)16-8-4-2-1-3-5-8/h1-7,15H. The van der Waals surface area contributed by atoms with Gasteiger partial charge in [-0.25, -0.2) is 0 Å². The van der Waals surface area contributed by atoms with Crippen LogP contribution in [0.15, 0.2) is 52.4 Å². The zero-order valence-corrected chi connectivity index (χ0v) is 8.90. The number of aromatic amines is 1. The first-order valence-corrected chi connectivity index (χ1v) is 5.36. The van der Waals surface area contributed by atoms with Gasteiger partial charge in [-0.05, 0) is 18.2 Å². The van der Waals surface area contributed by atoms with Crippen molar-refractivity contribution in [2.24, 2.45) is 0 Å². The average molecular weight is 243 g/mol. The summed E-state index contributed by atoms with van der Waals surface area (Å²) in [5.74, 6) is 0. The third-order valence-corrected chi connectivity index (χ3v) is 2.92. The zero-order valence-electron chi connectivity index (χ0n) is 8.08. The van der Waals surface area contributed by atoms with Crippen LogP contribution < -0.4 is 0 Å². The number of hydrogen-bond acceptors (Lipinski definition) is 1. The summed E-state index contributed by atoms with van der Waals surface area (Å²) < 4.78 is 36.9. The predicted molar refractivity (Wildman–Crippen MR) is 56.4 cm³/mol. The van der Waals surface area contributed by atoms with Crippen LogP contribution in [0, 0.1) is 0 Å². The van der Waals surface area contributed by atoms with Gasteiger partial charge < -0.3 is 4.98 Å². The monoisotopic (exact) mass is 243 g/mol. The maximum Gasteiger partial charge on any atom is 0.431 e. The molecule has 0 unspecified atom stereocenters. The maximum atomic E-state index is 12.3. The van der Waals surface area contributed by atoms with Crippen molar-refractivity contribution in [3.8, 4) is 0 Å². The van der Waals surface area contributed by atoms with E-state index in [1.165, 1.54) is 18.0 Å². The van der Waals surface area contributed by atoms with E-state index in [-0.39, 0.29) is 0 Å². The quantitative estimate of drug-likeness (QED) is 0.836. The van der Waals surface area contributed by atoms with E-state index in [0.29, 0.717) is 4.90 Å². The highest BCUT2D eigenvalue weighted by atomic mass is 32.2. The first-order valence-electron chi connectivity index (χ1n) is 4.54. The molecule has 0 aliphatic rings. The van der Waals surface area contributed by atoms with Crippen LogP contribution in [0.3, 0.4) is 0 Å². The fourth-order valence-electron chi connectivity index (χ4n) is 1.22. The molecule has 0 spiro atoms. The van der Waals surface area contributed by atoms with Crippen LogP contribution in [0.25, 0.3) is 0 Å². The Morgan fingerprint density at radius 3 is 2.25 bits per heavy atom. The van der Waals surface area contributed by atoms with Crippen LogP contribution in [0.4, 0.5) is 13.2 Å². The van der Waals surface area contributed by atoms with E-state index in [1.54, 1.807) is 0 Å². The van der Waals surface area contributed by atoms with Gasteiger partial charge >= 0.3 is 6.18 Å². The van der Waals surface area contributed by atoms with Gasteiger partial charge in [0.2, 0.25) is 0 Å². The number of benzene rings is 1. The number of nitrogens with one attached hydrogen (secondary N) is 1. The zero-order chi connectivity index (χ0) is 11.6. The minimum Gasteiger partial charge on any atom is -0.357 e. The van der Waals surface area contributed by atoms with Crippen LogP contribution >= 0.6 is 11.8 Å². The molecule has 16 heavy (non-hydrogen) atoms. The van der Waals surface area contributed by atoms with Crippen LogP contribution in [-0.2, 0) is 6.18 Å². The molecule has 1 N–H and O–H groups in total. The normalized spacial score (nSPS) is 11.7. The minimum atomic E-state index is -4.31. The summed E-state index contributed by atoms with van der Waals surface area (Å²) in [6.07, 6.45) is -2.95. The van der Waals surface area contributed by atoms with E-state index >= 15 is 0 Å². The Morgan fingerprint density at radius 1 is 1.00 bits per heavy atom. The SMILES string of the molecule is FC(F)(F)c1cc(Sc2ccccc2)c[nH]1. The highest BCUT2D eigenvalue weighted by Gasteiger charge is 2.32. The van der Waals surface area contributed by atoms with E-state index in [9.17, 15) is 13.2 Å². The van der Waals surface area contributed by atoms with Crippen molar-refractivity contribution in [1.82, 2.24) is 4.98 Å². The first-order chi connectivity index (χ1) is 7.55. The van der Waals surface area contributed by atoms with E-state index < -0.39 is 11.9 Å². The fourth-order valence-corrected chi connectivity index (χ4v) is 2.08. The lowest BCUT2D eigenvalue weighted by Crippen LogP contribution is -2.04. The topological polar surface area (TPSA) is 15.8 Å². The van der Waals surface area contributed by atoms with Gasteiger partial charge in [-0.2, -0.15) is 13.2 Å². The van der Waals surface area contributed by atoms with Crippen LogP contribution in [-0.4, -0.2) is 4.98 Å². The second-order valence-corrected chi connectivity index (χ2v) is 4.31. The Kier molecular flexibility index (Phi) is 2.96. The van der Waals surface area contributed by atoms with Crippen LogP contribution in [0.5, 0.6) is 0 Å². The smallest absolute Gasteiger partial charge is 0.357 e. The van der Waals surface area contributed by atoms with Gasteiger partial charge in [0.25, 0.3) is 0 Å². The fraction of sp³-hybridized carbons (Fsp3) is 0.0909. The molecule has 1 heterocycles. The van der Waals surface area contributed by atoms with Gasteiger partial charge in [0, 0.05) is 16.0 Å². The molecular formula is C11H8F3NS. The van der Waals surface area contributed by atoms with Crippen molar-refractivity contribution in [2.75, 3.05) is 0 Å². The molecular weight excluding hydrogens is 235 g/mol. The molecule has 0 aliphatic heterocycles. The van der Waals surface area contributed by atoms with E-state index in [0.717, 1.165) is 11.0 Å². The van der Waals surface area contributed by atoms with Gasteiger partial charge in [-0.1, -0.05) is 30.0 Å². The molecule has 0 fully saturated rings. The number of rotatable bonds is 2. The van der Waals surface area contributed by atoms with Crippen molar-refractivity contribution in [1.29, 1.82) is 0 Å². The molecule has 1 aromatic heterocycles. The molecule has 1 nitrogen and oxygen atoms in total. The predicted octanol–water partition coefficient (Wildman–Crippen LogP) is 4.18. The molecule has 0 bridgehead atoms. The summed E-state index contributed by atoms with van der Waals surface area (Å²) in [6.45, 7) is 0. The Labute approximate surface area is 94.7 Å². The Balaban J connectivity index is 2.15. The molecule has 0 saturated carbocycles. The van der Waals surface area contributed by atoms with Crippen molar-refractivity contribution >= 4 is 11.8 Å². The number of halogens is 3. The number of H-pyrrole nitrogens is 1. The highest BCUT2D eigenvalue weighted by molar-refractivity contribution is 7.99. The lowest BCUT2D eigenvalue weighted by atomic mass is 10.4. The molecule has 0 amide bonds. The minimum absolute atomic E-state index is 0.554. The van der Waals surface area contributed by atoms with E-state index in [1.807, 2.05) is 30.3 Å². The van der Waals surface area contributed by atoms with Gasteiger partial charge in [0.15, 0.2) is 0 Å². The summed E-state index contributed by atoms with van der Waals surface area (Å²) >= 11 is 1.29. The molecule has 84 valence electrons. The second-order valence-electron chi connectivity index (χ2n) is 3.16. The van der Waals surface area contributed by atoms with Crippen LogP contribution in [0.1, 0.15) is 5.69 Å². The lowest BCUT2D eigenvalue weighted by molar-refractivity contribution is -0.140. The van der Waals surface area contributed by atoms with Gasteiger partial charge in [0.05, 0.1) is 0 Å². The Morgan fingerprint density at radius 2 is 1.69 bits per heavy atom. The Bertz CT molecular complexity index is 462. The number of hydrogen-bond donors (Lipinski definition) is 1. The molecule has 0 saturated heterocycles. The van der Waals surface area contributed by atoms with Gasteiger partial charge in [0.1, 0.15) is 5.69 Å². The summed E-state index contributed by atoms with van der Waals surface area (Å²) in [4.78, 5) is 3.69. The summed E-state index contributed by atoms with van der Waals surface area (Å²) in [7, 11) is 0. The van der Waals surface area contributed by atoms with E-state index in [4.69, 9.17) is 0 Å². The van der Waals surface area contributed by atoms with Crippen molar-refractivity contribution in [3.63, 3.8) is 0 Å². The van der Waals surface area contributed by atoms with Crippen molar-refractivity contribution < 1.29 is 13.2 Å². The maximum absolute atomic E-state index is 12.3.